The van der Waals surface area contributed by atoms with Gasteiger partial charge in [-0.25, -0.2) is 0 Å². The van der Waals surface area contributed by atoms with E-state index in [-0.39, 0.29) is 17.4 Å². The van der Waals surface area contributed by atoms with Crippen LogP contribution in [-0.4, -0.2) is 12.8 Å². The van der Waals surface area contributed by atoms with Crippen LogP contribution < -0.4 is 14.8 Å². The van der Waals surface area contributed by atoms with Crippen molar-refractivity contribution in [3.63, 3.8) is 0 Å². The summed E-state index contributed by atoms with van der Waals surface area (Å²) in [7, 11) is 0. The van der Waals surface area contributed by atoms with Gasteiger partial charge in [0, 0.05) is 24.2 Å². The van der Waals surface area contributed by atoms with Crippen molar-refractivity contribution < 1.29 is 18.3 Å². The summed E-state index contributed by atoms with van der Waals surface area (Å²) in [6.45, 7) is 0.480. The van der Waals surface area contributed by atoms with E-state index in [0.717, 1.165) is 0 Å². The van der Waals surface area contributed by atoms with Gasteiger partial charge in [-0.05, 0) is 6.07 Å². The molecule has 2 aliphatic heterocycles. The Kier molecular flexibility index (Phi) is 2.17. The van der Waals surface area contributed by atoms with Crippen molar-refractivity contribution in [1.82, 2.24) is 5.32 Å². The van der Waals surface area contributed by atoms with Gasteiger partial charge in [0.1, 0.15) is 0 Å². The lowest BCUT2D eigenvalue weighted by Gasteiger charge is -2.12. The van der Waals surface area contributed by atoms with Gasteiger partial charge in [-0.1, -0.05) is 12.1 Å². The molecular weight excluding hydrogens is 242 g/mol. The number of fused-ring (bicyclic) bond motifs is 1. The zero-order valence-corrected chi connectivity index (χ0v) is 9.11. The van der Waals surface area contributed by atoms with Crippen molar-refractivity contribution in [1.29, 1.82) is 5.26 Å². The van der Waals surface area contributed by atoms with Crippen molar-refractivity contribution >= 4 is 0 Å². The number of nitrogens with zero attached hydrogens (tertiary/aromatic N) is 1. The summed E-state index contributed by atoms with van der Waals surface area (Å²) in [5.74, 6) is -0.276. The quantitative estimate of drug-likeness (QED) is 0.829. The van der Waals surface area contributed by atoms with Gasteiger partial charge in [0.15, 0.2) is 11.5 Å². The summed E-state index contributed by atoms with van der Waals surface area (Å²) in [4.78, 5) is 0. The zero-order chi connectivity index (χ0) is 12.8. The standard InChI is InChI=1S/C12H8F2N2O2/c13-12(14)17-10-3-1-2-8(11(10)18-12)9-6-16-5-7(9)4-15/h1-3,5,9,16H,6H2. The Morgan fingerprint density at radius 3 is 3.00 bits per heavy atom. The lowest BCUT2D eigenvalue weighted by Crippen LogP contribution is -2.26. The van der Waals surface area contributed by atoms with E-state index in [4.69, 9.17) is 5.26 Å². The van der Waals surface area contributed by atoms with Gasteiger partial charge in [-0.2, -0.15) is 5.26 Å². The summed E-state index contributed by atoms with van der Waals surface area (Å²) in [5.41, 5.74) is 1.02. The Labute approximate surface area is 101 Å². The summed E-state index contributed by atoms with van der Waals surface area (Å²) in [6, 6.07) is 6.72. The highest BCUT2D eigenvalue weighted by Crippen LogP contribution is 2.47. The van der Waals surface area contributed by atoms with E-state index in [9.17, 15) is 8.78 Å². The minimum atomic E-state index is -3.64. The van der Waals surface area contributed by atoms with Crippen LogP contribution in [0.5, 0.6) is 11.5 Å². The fourth-order valence-corrected chi connectivity index (χ4v) is 2.15. The molecule has 2 aliphatic rings. The van der Waals surface area contributed by atoms with E-state index >= 15 is 0 Å². The van der Waals surface area contributed by atoms with Gasteiger partial charge in [0.05, 0.1) is 11.6 Å². The fourth-order valence-electron chi connectivity index (χ4n) is 2.15. The molecule has 0 fully saturated rings. The van der Waals surface area contributed by atoms with Crippen molar-refractivity contribution in [2.45, 2.75) is 12.2 Å². The molecule has 0 radical (unpaired) electrons. The SMILES string of the molecule is N#CC1=CNCC1c1cccc2c1OC(F)(F)O2. The number of benzene rings is 1. The summed E-state index contributed by atoms with van der Waals surface area (Å²) in [5, 5.41) is 11.9. The van der Waals surface area contributed by atoms with Gasteiger partial charge in [-0.15, -0.1) is 8.78 Å². The summed E-state index contributed by atoms with van der Waals surface area (Å²) >= 11 is 0. The van der Waals surface area contributed by atoms with E-state index in [1.807, 2.05) is 6.07 Å². The highest BCUT2D eigenvalue weighted by atomic mass is 19.3. The first-order valence-corrected chi connectivity index (χ1v) is 5.33. The molecule has 6 heteroatoms. The number of ether oxygens (including phenoxy) is 2. The summed E-state index contributed by atoms with van der Waals surface area (Å²) < 4.78 is 35.0. The van der Waals surface area contributed by atoms with E-state index in [2.05, 4.69) is 14.8 Å². The second-order valence-electron chi connectivity index (χ2n) is 4.01. The molecule has 3 rings (SSSR count). The second kappa shape index (κ2) is 3.60. The van der Waals surface area contributed by atoms with Crippen LogP contribution in [0.2, 0.25) is 0 Å². The number of alkyl halides is 2. The predicted octanol–water partition coefficient (Wildman–Crippen LogP) is 2.10. The van der Waals surface area contributed by atoms with Crippen molar-refractivity contribution in [2.24, 2.45) is 0 Å². The van der Waals surface area contributed by atoms with Crippen LogP contribution in [0.1, 0.15) is 11.5 Å². The van der Waals surface area contributed by atoms with Crippen LogP contribution in [0.15, 0.2) is 30.0 Å². The van der Waals surface area contributed by atoms with E-state index in [0.29, 0.717) is 17.7 Å². The molecule has 1 unspecified atom stereocenters. The largest absolute Gasteiger partial charge is 0.586 e. The minimum absolute atomic E-state index is 0.00156. The lowest BCUT2D eigenvalue weighted by atomic mass is 9.93. The van der Waals surface area contributed by atoms with E-state index in [1.165, 1.54) is 6.07 Å². The molecule has 18 heavy (non-hydrogen) atoms. The van der Waals surface area contributed by atoms with Crippen LogP contribution in [0.4, 0.5) is 8.78 Å². The molecule has 2 heterocycles. The average molecular weight is 250 g/mol. The molecular formula is C12H8F2N2O2. The van der Waals surface area contributed by atoms with Crippen LogP contribution >= 0.6 is 0 Å². The van der Waals surface area contributed by atoms with Crippen LogP contribution in [0, 0.1) is 11.3 Å². The second-order valence-corrected chi connectivity index (χ2v) is 4.01. The highest BCUT2D eigenvalue weighted by molar-refractivity contribution is 5.54. The van der Waals surface area contributed by atoms with Gasteiger partial charge >= 0.3 is 6.29 Å². The third kappa shape index (κ3) is 1.56. The smallest absolute Gasteiger partial charge is 0.395 e. The van der Waals surface area contributed by atoms with E-state index < -0.39 is 6.29 Å². The first kappa shape index (κ1) is 10.8. The van der Waals surface area contributed by atoms with Crippen molar-refractivity contribution in [2.75, 3.05) is 6.54 Å². The van der Waals surface area contributed by atoms with Gasteiger partial charge in [-0.3, -0.25) is 0 Å². The molecule has 0 bridgehead atoms. The van der Waals surface area contributed by atoms with Crippen molar-refractivity contribution in [3.05, 3.63) is 35.5 Å². The topological polar surface area (TPSA) is 54.3 Å². The van der Waals surface area contributed by atoms with Gasteiger partial charge in [0.2, 0.25) is 0 Å². The molecule has 1 atom stereocenters. The molecule has 0 aliphatic carbocycles. The molecule has 0 saturated heterocycles. The third-order valence-corrected chi connectivity index (χ3v) is 2.92. The number of hydrogen-bond donors (Lipinski definition) is 1. The Bertz CT molecular complexity index is 578. The number of nitriles is 1. The highest BCUT2D eigenvalue weighted by Gasteiger charge is 2.45. The Hall–Kier alpha value is -2.29. The zero-order valence-electron chi connectivity index (χ0n) is 9.11. The summed E-state index contributed by atoms with van der Waals surface area (Å²) in [6.07, 6.45) is -2.06. The lowest BCUT2D eigenvalue weighted by molar-refractivity contribution is -0.287. The van der Waals surface area contributed by atoms with Crippen molar-refractivity contribution in [3.8, 4) is 17.6 Å². The van der Waals surface area contributed by atoms with Crippen LogP contribution in [0.25, 0.3) is 0 Å². The number of rotatable bonds is 1. The maximum absolute atomic E-state index is 13.0. The predicted molar refractivity (Wildman–Crippen MR) is 57.1 cm³/mol. The van der Waals surface area contributed by atoms with Gasteiger partial charge in [0.25, 0.3) is 0 Å². The third-order valence-electron chi connectivity index (χ3n) is 2.92. The normalized spacial score (nSPS) is 23.2. The number of para-hydroxylation sites is 1. The number of halogens is 2. The molecule has 0 spiro atoms. The van der Waals surface area contributed by atoms with Gasteiger partial charge < -0.3 is 14.8 Å². The van der Waals surface area contributed by atoms with E-state index in [1.54, 1.807) is 18.3 Å². The maximum Gasteiger partial charge on any atom is 0.586 e. The maximum atomic E-state index is 13.0. The Morgan fingerprint density at radius 1 is 1.39 bits per heavy atom. The fraction of sp³-hybridized carbons (Fsp3) is 0.250. The molecule has 92 valence electrons. The molecule has 0 aromatic heterocycles. The van der Waals surface area contributed by atoms with Crippen LogP contribution in [0.3, 0.4) is 0 Å². The monoisotopic (exact) mass is 250 g/mol. The first-order chi connectivity index (χ1) is 8.61. The molecule has 1 N–H and O–H groups in total. The van der Waals surface area contributed by atoms with Crippen LogP contribution in [-0.2, 0) is 0 Å². The number of nitrogens with one attached hydrogen (secondary N) is 1. The number of hydrogen-bond acceptors (Lipinski definition) is 4. The average Bonchev–Trinajstić information content (AvgIpc) is 2.89. The molecule has 0 amide bonds. The molecule has 1 aromatic rings. The Balaban J connectivity index is 2.04. The Morgan fingerprint density at radius 2 is 2.22 bits per heavy atom. The molecule has 4 nitrogen and oxygen atoms in total. The minimum Gasteiger partial charge on any atom is -0.395 e. The molecule has 0 saturated carbocycles. The first-order valence-electron chi connectivity index (χ1n) is 5.33. The molecule has 1 aromatic carbocycles.